The summed E-state index contributed by atoms with van der Waals surface area (Å²) in [6, 6.07) is 22.3. The zero-order chi connectivity index (χ0) is 28.9. The van der Waals surface area contributed by atoms with Crippen LogP contribution >= 0.6 is 0 Å². The van der Waals surface area contributed by atoms with E-state index < -0.39 is 6.10 Å². The molecule has 0 spiro atoms. The Labute approximate surface area is 247 Å². The molecule has 1 aliphatic heterocycles. The second-order valence-corrected chi connectivity index (χ2v) is 11.4. The Balaban J connectivity index is 1.24. The minimum Gasteiger partial charge on any atom is -0.491 e. The van der Waals surface area contributed by atoms with E-state index >= 15 is 0 Å². The van der Waals surface area contributed by atoms with E-state index in [9.17, 15) is 9.90 Å². The minimum absolute atomic E-state index is 0.0447. The first-order valence-electron chi connectivity index (χ1n) is 15.2. The summed E-state index contributed by atoms with van der Waals surface area (Å²) in [5, 5.41) is 13.9. The molecule has 7 nitrogen and oxygen atoms in total. The van der Waals surface area contributed by atoms with E-state index in [1.165, 1.54) is 25.7 Å². The highest BCUT2D eigenvalue weighted by atomic mass is 16.7. The fourth-order valence-corrected chi connectivity index (χ4v) is 5.73. The molecule has 0 amide bonds. The molecule has 2 saturated carbocycles. The Hall–Kier alpha value is -3.81. The summed E-state index contributed by atoms with van der Waals surface area (Å²) in [5.74, 6) is 2.65. The van der Waals surface area contributed by atoms with Gasteiger partial charge in [0.25, 0.3) is 0 Å². The predicted molar refractivity (Wildman–Crippen MR) is 162 cm³/mol. The molecular weight excluding hydrogens is 530 g/mol. The molecule has 0 bridgehead atoms. The molecule has 220 valence electrons. The van der Waals surface area contributed by atoms with E-state index in [-0.39, 0.29) is 25.3 Å². The molecule has 3 aromatic carbocycles. The van der Waals surface area contributed by atoms with Crippen LogP contribution in [0.1, 0.15) is 68.6 Å². The van der Waals surface area contributed by atoms with Crippen molar-refractivity contribution in [1.82, 2.24) is 5.32 Å². The maximum Gasteiger partial charge on any atom is 0.314 e. The van der Waals surface area contributed by atoms with Gasteiger partial charge in [-0.25, -0.2) is 0 Å². The van der Waals surface area contributed by atoms with Gasteiger partial charge in [-0.1, -0.05) is 50.1 Å². The van der Waals surface area contributed by atoms with Gasteiger partial charge < -0.3 is 29.4 Å². The van der Waals surface area contributed by atoms with Gasteiger partial charge in [0.1, 0.15) is 24.2 Å². The summed E-state index contributed by atoms with van der Waals surface area (Å²) >= 11 is 0. The molecule has 42 heavy (non-hydrogen) atoms. The minimum atomic E-state index is -0.564. The van der Waals surface area contributed by atoms with E-state index in [0.29, 0.717) is 24.1 Å². The topological polar surface area (TPSA) is 86.2 Å². The number of hydrogen-bond donors (Lipinski definition) is 2. The van der Waals surface area contributed by atoms with Crippen molar-refractivity contribution in [2.24, 2.45) is 5.92 Å². The molecule has 6 rings (SSSR count). The van der Waals surface area contributed by atoms with E-state index in [4.69, 9.17) is 18.9 Å². The molecule has 2 fully saturated rings. The third-order valence-electron chi connectivity index (χ3n) is 8.23. The second-order valence-electron chi connectivity index (χ2n) is 11.4. The number of nitrogens with one attached hydrogen (secondary N) is 1. The lowest BCUT2D eigenvalue weighted by atomic mass is 9.88. The summed E-state index contributed by atoms with van der Waals surface area (Å²) in [7, 11) is 0. The van der Waals surface area contributed by atoms with E-state index in [2.05, 4.69) is 30.4 Å². The highest BCUT2D eigenvalue weighted by molar-refractivity contribution is 5.99. The van der Waals surface area contributed by atoms with Gasteiger partial charge in [-0.2, -0.15) is 0 Å². The Morgan fingerprint density at radius 3 is 2.19 bits per heavy atom. The molecule has 2 aliphatic carbocycles. The van der Waals surface area contributed by atoms with Gasteiger partial charge in [-0.15, -0.1) is 0 Å². The highest BCUT2D eigenvalue weighted by Crippen LogP contribution is 2.40. The normalized spacial score (nSPS) is 17.6. The van der Waals surface area contributed by atoms with Crippen molar-refractivity contribution in [3.05, 3.63) is 83.4 Å². The molecule has 2 N–H and O–H groups in total. The molecule has 0 saturated heterocycles. The van der Waals surface area contributed by atoms with Gasteiger partial charge in [-0.3, -0.25) is 4.79 Å². The number of carbonyl (C=O) groups is 1. The van der Waals surface area contributed by atoms with Gasteiger partial charge in [0.15, 0.2) is 11.5 Å². The molecule has 7 heteroatoms. The number of esters is 1. The summed E-state index contributed by atoms with van der Waals surface area (Å²) in [4.78, 5) is 12.2. The fourth-order valence-electron chi connectivity index (χ4n) is 5.73. The Morgan fingerprint density at radius 1 is 0.881 bits per heavy atom. The van der Waals surface area contributed by atoms with Crippen molar-refractivity contribution in [3.8, 4) is 23.0 Å². The lowest BCUT2D eigenvalue weighted by molar-refractivity contribution is -0.135. The average Bonchev–Trinajstić information content (AvgIpc) is 3.54. The van der Waals surface area contributed by atoms with Gasteiger partial charge in [0, 0.05) is 12.6 Å². The number of allylic oxidation sites excluding steroid dienone is 1. The van der Waals surface area contributed by atoms with Gasteiger partial charge in [-0.05, 0) is 96.3 Å². The largest absolute Gasteiger partial charge is 0.491 e. The Morgan fingerprint density at radius 2 is 1.52 bits per heavy atom. The smallest absolute Gasteiger partial charge is 0.314 e. The van der Waals surface area contributed by atoms with E-state index in [1.807, 2.05) is 48.5 Å². The van der Waals surface area contributed by atoms with Crippen LogP contribution in [0.5, 0.6) is 23.0 Å². The van der Waals surface area contributed by atoms with Gasteiger partial charge in [0.2, 0.25) is 6.79 Å². The van der Waals surface area contributed by atoms with Crippen molar-refractivity contribution in [3.63, 3.8) is 0 Å². The molecule has 0 aromatic heterocycles. The molecular formula is C35H39NO6. The van der Waals surface area contributed by atoms with Crippen LogP contribution in [0, 0.1) is 5.92 Å². The molecule has 1 atom stereocenters. The number of benzene rings is 3. The number of fused-ring (bicyclic) bond motifs is 1. The molecule has 1 unspecified atom stereocenters. The fraction of sp³-hybridized carbons (Fsp3) is 0.400. The van der Waals surface area contributed by atoms with E-state index in [0.717, 1.165) is 58.6 Å². The standard InChI is InChI=1S/C35H39NO6/c1-2-31(26-13-18-32-33(19-26)41-22-40-32)34(24-11-16-30(17-12-24)42-35(38)25-7-8-25)23-9-14-29(15-10-23)39-21-28(37)20-36-27-5-3-4-6-27/h9-19,25,27-28,36-37H,2-8,20-22H2,1H3/b34-31+. The van der Waals surface area contributed by atoms with Crippen molar-refractivity contribution in [2.45, 2.75) is 64.0 Å². The zero-order valence-electron chi connectivity index (χ0n) is 24.1. The number of ether oxygens (including phenoxy) is 4. The quantitative estimate of drug-likeness (QED) is 0.149. The molecule has 3 aromatic rings. The summed E-state index contributed by atoms with van der Waals surface area (Å²) < 4.78 is 22.7. The monoisotopic (exact) mass is 569 g/mol. The maximum atomic E-state index is 12.2. The first-order valence-corrected chi connectivity index (χ1v) is 15.2. The molecule has 0 radical (unpaired) electrons. The lowest BCUT2D eigenvalue weighted by Crippen LogP contribution is -2.36. The highest BCUT2D eigenvalue weighted by Gasteiger charge is 2.31. The van der Waals surface area contributed by atoms with Crippen molar-refractivity contribution < 1.29 is 28.8 Å². The van der Waals surface area contributed by atoms with Crippen LogP contribution in [0.15, 0.2) is 66.7 Å². The summed E-state index contributed by atoms with van der Waals surface area (Å²) in [5.41, 5.74) is 5.32. The Bertz CT molecular complexity index is 1400. The van der Waals surface area contributed by atoms with Gasteiger partial charge >= 0.3 is 5.97 Å². The number of rotatable bonds is 12. The lowest BCUT2D eigenvalue weighted by Gasteiger charge is -2.18. The zero-order valence-corrected chi connectivity index (χ0v) is 24.1. The Kier molecular flexibility index (Phi) is 8.77. The SMILES string of the molecule is CC/C(=C(/c1ccc(OCC(O)CNC2CCCC2)cc1)c1ccc(OC(=O)C2CC2)cc1)c1ccc2c(c1)OCO2. The van der Waals surface area contributed by atoms with Crippen LogP contribution in [-0.4, -0.2) is 43.2 Å². The van der Waals surface area contributed by atoms with Crippen molar-refractivity contribution in [1.29, 1.82) is 0 Å². The predicted octanol–water partition coefficient (Wildman–Crippen LogP) is 6.37. The maximum absolute atomic E-state index is 12.2. The van der Waals surface area contributed by atoms with Crippen LogP contribution in [0.4, 0.5) is 0 Å². The van der Waals surface area contributed by atoms with Crippen LogP contribution in [0.25, 0.3) is 11.1 Å². The van der Waals surface area contributed by atoms with E-state index in [1.54, 1.807) is 0 Å². The average molecular weight is 570 g/mol. The number of hydrogen-bond acceptors (Lipinski definition) is 7. The van der Waals surface area contributed by atoms with Crippen LogP contribution in [0.2, 0.25) is 0 Å². The number of aliphatic hydroxyl groups excluding tert-OH is 1. The number of carbonyl (C=O) groups excluding carboxylic acids is 1. The van der Waals surface area contributed by atoms with Crippen LogP contribution < -0.4 is 24.3 Å². The summed E-state index contributed by atoms with van der Waals surface area (Å²) in [6.45, 7) is 3.14. The van der Waals surface area contributed by atoms with Crippen molar-refractivity contribution in [2.75, 3.05) is 19.9 Å². The number of aliphatic hydroxyl groups is 1. The summed E-state index contributed by atoms with van der Waals surface area (Å²) in [6.07, 6.45) is 6.94. The third kappa shape index (κ3) is 6.80. The molecule has 3 aliphatic rings. The van der Waals surface area contributed by atoms with Crippen molar-refractivity contribution >= 4 is 17.1 Å². The first-order chi connectivity index (χ1) is 20.6. The van der Waals surface area contributed by atoms with Gasteiger partial charge in [0.05, 0.1) is 5.92 Å². The molecule has 1 heterocycles. The van der Waals surface area contributed by atoms with Crippen LogP contribution in [-0.2, 0) is 4.79 Å². The second kappa shape index (κ2) is 13.0. The first kappa shape index (κ1) is 28.3. The third-order valence-corrected chi connectivity index (χ3v) is 8.23. The van der Waals surface area contributed by atoms with Crippen LogP contribution in [0.3, 0.4) is 0 Å².